The van der Waals surface area contributed by atoms with E-state index >= 15 is 0 Å². The largest absolute Gasteiger partial charge is 0.385 e. The monoisotopic (exact) mass is 138 g/mol. The quantitative estimate of drug-likeness (QED) is 0.326. The molecule has 7 heavy (non-hydrogen) atoms. The molecular formula is C3H10N2S2. The van der Waals surface area contributed by atoms with Crippen LogP contribution in [0.4, 0.5) is 0 Å². The Morgan fingerprint density at radius 2 is 1.71 bits per heavy atom. The van der Waals surface area contributed by atoms with Gasteiger partial charge in [-0.1, -0.05) is 12.2 Å². The van der Waals surface area contributed by atoms with E-state index in [-0.39, 0.29) is 4.32 Å². The third-order valence-electron chi connectivity index (χ3n) is 0. The molecule has 0 aromatic heterocycles. The van der Waals surface area contributed by atoms with Gasteiger partial charge >= 0.3 is 0 Å². The van der Waals surface area contributed by atoms with Gasteiger partial charge in [0.2, 0.25) is 0 Å². The Kier molecular flexibility index (Phi) is 13.9. The molecule has 0 aliphatic heterocycles. The summed E-state index contributed by atoms with van der Waals surface area (Å²) in [6.45, 7) is 0. The highest BCUT2D eigenvalue weighted by Gasteiger charge is 1.55. The molecule has 0 heterocycles. The molecule has 0 radical (unpaired) electrons. The highest BCUT2D eigenvalue weighted by molar-refractivity contribution is 8.10. The van der Waals surface area contributed by atoms with Crippen LogP contribution in [-0.2, 0) is 0 Å². The standard InChI is InChI=1S/C2H7N.CH3NS2/c1-3-2;2-1(3)4/h3H,1-2H3;(H3,2,3,4). The summed E-state index contributed by atoms with van der Waals surface area (Å²) in [5.41, 5.74) is 4.71. The van der Waals surface area contributed by atoms with E-state index in [1.807, 2.05) is 14.1 Å². The first-order valence-corrected chi connectivity index (χ1v) is 2.57. The van der Waals surface area contributed by atoms with Crippen molar-refractivity contribution in [3.05, 3.63) is 0 Å². The molecule has 0 saturated heterocycles. The molecule has 0 aromatic carbocycles. The Labute approximate surface area is 54.9 Å². The fraction of sp³-hybridized carbons (Fsp3) is 0.667. The van der Waals surface area contributed by atoms with E-state index < -0.39 is 0 Å². The number of thiol groups is 1. The third-order valence-corrected chi connectivity index (χ3v) is 0. The van der Waals surface area contributed by atoms with E-state index in [0.29, 0.717) is 0 Å². The molecule has 0 aliphatic rings. The lowest BCUT2D eigenvalue weighted by Crippen LogP contribution is -1.94. The highest BCUT2D eigenvalue weighted by atomic mass is 32.1. The molecule has 2 nitrogen and oxygen atoms in total. The van der Waals surface area contributed by atoms with E-state index in [9.17, 15) is 0 Å². The molecule has 0 amide bonds. The number of nitrogens with two attached hydrogens (primary N) is 1. The zero-order valence-corrected chi connectivity index (χ0v) is 6.14. The lowest BCUT2D eigenvalue weighted by Gasteiger charge is -1.64. The number of thiocarbonyl (C=S) groups is 1. The van der Waals surface area contributed by atoms with Crippen LogP contribution in [0.1, 0.15) is 0 Å². The molecular weight excluding hydrogens is 128 g/mol. The summed E-state index contributed by atoms with van der Waals surface area (Å²) in [4.78, 5) is 0. The molecule has 0 fully saturated rings. The van der Waals surface area contributed by atoms with E-state index in [1.165, 1.54) is 0 Å². The molecule has 0 atom stereocenters. The molecule has 0 rings (SSSR count). The van der Waals surface area contributed by atoms with Crippen molar-refractivity contribution in [2.24, 2.45) is 5.73 Å². The van der Waals surface area contributed by atoms with Crippen molar-refractivity contribution >= 4 is 29.2 Å². The Bertz CT molecular complexity index is 42.2. The van der Waals surface area contributed by atoms with Gasteiger partial charge in [-0.05, 0) is 14.1 Å². The van der Waals surface area contributed by atoms with Crippen molar-refractivity contribution in [2.75, 3.05) is 14.1 Å². The van der Waals surface area contributed by atoms with Crippen molar-refractivity contribution in [3.8, 4) is 0 Å². The van der Waals surface area contributed by atoms with Crippen LogP contribution in [0.5, 0.6) is 0 Å². The number of hydrogen-bond donors (Lipinski definition) is 3. The summed E-state index contributed by atoms with van der Waals surface area (Å²) < 4.78 is 0.194. The van der Waals surface area contributed by atoms with Gasteiger partial charge < -0.3 is 11.1 Å². The molecule has 0 bridgehead atoms. The minimum atomic E-state index is 0.194. The van der Waals surface area contributed by atoms with E-state index in [4.69, 9.17) is 5.73 Å². The Morgan fingerprint density at radius 3 is 1.71 bits per heavy atom. The second-order valence-corrected chi connectivity index (χ2v) is 2.06. The molecule has 44 valence electrons. The van der Waals surface area contributed by atoms with Crippen LogP contribution in [0.25, 0.3) is 0 Å². The predicted octanol–water partition coefficient (Wildman–Crippen LogP) is -0.00460. The van der Waals surface area contributed by atoms with Crippen molar-refractivity contribution in [3.63, 3.8) is 0 Å². The third kappa shape index (κ3) is 2730. The molecule has 3 N–H and O–H groups in total. The highest BCUT2D eigenvalue weighted by Crippen LogP contribution is 1.63. The zero-order valence-electron chi connectivity index (χ0n) is 4.43. The van der Waals surface area contributed by atoms with Crippen molar-refractivity contribution in [1.29, 1.82) is 0 Å². The number of rotatable bonds is 0. The molecule has 0 unspecified atom stereocenters. The lowest BCUT2D eigenvalue weighted by atomic mass is 11.3. The molecule has 4 heteroatoms. The summed E-state index contributed by atoms with van der Waals surface area (Å²) in [5, 5.41) is 2.75. The molecule has 0 saturated carbocycles. The van der Waals surface area contributed by atoms with Gasteiger partial charge in [-0.15, -0.1) is 12.6 Å². The first-order chi connectivity index (χ1) is 3.15. The minimum absolute atomic E-state index is 0.194. The lowest BCUT2D eigenvalue weighted by molar-refractivity contribution is 1.02. The van der Waals surface area contributed by atoms with Crippen LogP contribution in [0.3, 0.4) is 0 Å². The topological polar surface area (TPSA) is 38.0 Å². The summed E-state index contributed by atoms with van der Waals surface area (Å²) in [7, 11) is 3.75. The van der Waals surface area contributed by atoms with Crippen molar-refractivity contribution in [1.82, 2.24) is 5.32 Å². The Hall–Kier alpha value is 0.200. The molecule has 0 aliphatic carbocycles. The number of nitrogens with one attached hydrogen (secondary N) is 1. The normalized spacial score (nSPS) is 6.14. The van der Waals surface area contributed by atoms with Crippen LogP contribution in [0.15, 0.2) is 0 Å². The van der Waals surface area contributed by atoms with Crippen molar-refractivity contribution < 1.29 is 0 Å². The first-order valence-electron chi connectivity index (χ1n) is 1.72. The maximum atomic E-state index is 4.71. The van der Waals surface area contributed by atoms with Crippen LogP contribution < -0.4 is 11.1 Å². The van der Waals surface area contributed by atoms with E-state index in [2.05, 4.69) is 30.2 Å². The predicted molar refractivity (Wildman–Crippen MR) is 40.8 cm³/mol. The summed E-state index contributed by atoms with van der Waals surface area (Å²) in [6.07, 6.45) is 0. The average Bonchev–Trinajstić information content (AvgIpc) is 1.33. The fourth-order valence-electron chi connectivity index (χ4n) is 0. The summed E-state index contributed by atoms with van der Waals surface area (Å²) >= 11 is 7.65. The summed E-state index contributed by atoms with van der Waals surface area (Å²) in [6, 6.07) is 0. The van der Waals surface area contributed by atoms with E-state index in [0.717, 1.165) is 0 Å². The van der Waals surface area contributed by atoms with Gasteiger partial charge in [0, 0.05) is 0 Å². The minimum Gasteiger partial charge on any atom is -0.385 e. The second-order valence-electron chi connectivity index (χ2n) is 0.838. The van der Waals surface area contributed by atoms with Crippen LogP contribution >= 0.6 is 24.8 Å². The van der Waals surface area contributed by atoms with Crippen LogP contribution in [-0.4, -0.2) is 18.4 Å². The maximum absolute atomic E-state index is 4.71. The van der Waals surface area contributed by atoms with Gasteiger partial charge in [0.05, 0.1) is 0 Å². The van der Waals surface area contributed by atoms with Crippen molar-refractivity contribution in [2.45, 2.75) is 0 Å². The maximum Gasteiger partial charge on any atom is 0.128 e. The summed E-state index contributed by atoms with van der Waals surface area (Å²) in [5.74, 6) is 0. The SMILES string of the molecule is CNC.NC(=S)S. The Balaban J connectivity index is 0. The fourth-order valence-corrected chi connectivity index (χ4v) is 0. The van der Waals surface area contributed by atoms with Crippen LogP contribution in [0.2, 0.25) is 0 Å². The average molecular weight is 138 g/mol. The second kappa shape index (κ2) is 9.50. The van der Waals surface area contributed by atoms with E-state index in [1.54, 1.807) is 0 Å². The van der Waals surface area contributed by atoms with Gasteiger partial charge in [-0.2, -0.15) is 0 Å². The molecule has 0 spiro atoms. The number of hydrogen-bond acceptors (Lipinski definition) is 2. The van der Waals surface area contributed by atoms with Gasteiger partial charge in [0.25, 0.3) is 0 Å². The smallest absolute Gasteiger partial charge is 0.128 e. The van der Waals surface area contributed by atoms with Crippen LogP contribution in [0, 0.1) is 0 Å². The van der Waals surface area contributed by atoms with Gasteiger partial charge in [-0.3, -0.25) is 0 Å². The van der Waals surface area contributed by atoms with Gasteiger partial charge in [-0.25, -0.2) is 0 Å². The zero-order chi connectivity index (χ0) is 6.28. The van der Waals surface area contributed by atoms with Gasteiger partial charge in [0.1, 0.15) is 4.32 Å². The molecule has 0 aromatic rings. The first kappa shape index (κ1) is 10.2. The van der Waals surface area contributed by atoms with Gasteiger partial charge in [0.15, 0.2) is 0 Å². The Morgan fingerprint density at radius 1 is 1.71 bits per heavy atom.